The number of benzene rings is 1. The minimum absolute atomic E-state index is 0.0303. The van der Waals surface area contributed by atoms with E-state index in [9.17, 15) is 4.79 Å². The van der Waals surface area contributed by atoms with Crippen LogP contribution >= 0.6 is 0 Å². The molecule has 0 spiro atoms. The van der Waals surface area contributed by atoms with E-state index in [1.54, 1.807) is 10.9 Å². The predicted molar refractivity (Wildman–Crippen MR) is 77.5 cm³/mol. The van der Waals surface area contributed by atoms with Gasteiger partial charge in [-0.15, -0.1) is 0 Å². The van der Waals surface area contributed by atoms with E-state index >= 15 is 0 Å². The Morgan fingerprint density at radius 2 is 2.20 bits per heavy atom. The highest BCUT2D eigenvalue weighted by Crippen LogP contribution is 2.29. The van der Waals surface area contributed by atoms with Gasteiger partial charge < -0.3 is 5.32 Å². The summed E-state index contributed by atoms with van der Waals surface area (Å²) in [6.45, 7) is 1.91. The van der Waals surface area contributed by atoms with Gasteiger partial charge >= 0.3 is 0 Å². The molecule has 1 amide bonds. The molecule has 2 aromatic rings. The molecule has 1 aromatic carbocycles. The van der Waals surface area contributed by atoms with E-state index in [0.717, 1.165) is 25.0 Å². The van der Waals surface area contributed by atoms with Gasteiger partial charge in [0.1, 0.15) is 0 Å². The molecule has 0 radical (unpaired) electrons. The van der Waals surface area contributed by atoms with Gasteiger partial charge in [-0.05, 0) is 37.3 Å². The van der Waals surface area contributed by atoms with Crippen molar-refractivity contribution in [1.29, 1.82) is 0 Å². The van der Waals surface area contributed by atoms with Crippen LogP contribution < -0.4 is 5.32 Å². The van der Waals surface area contributed by atoms with Gasteiger partial charge in [0.05, 0.1) is 17.8 Å². The van der Waals surface area contributed by atoms with Crippen LogP contribution in [0.15, 0.2) is 30.5 Å². The van der Waals surface area contributed by atoms with Crippen molar-refractivity contribution in [1.82, 2.24) is 15.1 Å². The van der Waals surface area contributed by atoms with Crippen molar-refractivity contribution in [3.8, 4) is 0 Å². The zero-order chi connectivity index (χ0) is 14.1. The topological polar surface area (TPSA) is 46.9 Å². The fourth-order valence-corrected chi connectivity index (χ4v) is 2.86. The lowest BCUT2D eigenvalue weighted by molar-refractivity contribution is 0.0932. The van der Waals surface area contributed by atoms with Gasteiger partial charge in [0.25, 0.3) is 5.91 Å². The highest BCUT2D eigenvalue weighted by atomic mass is 16.1. The minimum atomic E-state index is -0.0303. The molecule has 0 fully saturated rings. The molecule has 0 saturated heterocycles. The number of carbonyl (C=O) groups excluding carboxylic acids is 1. The molecular formula is C16H19N3O. The van der Waals surface area contributed by atoms with Crippen molar-refractivity contribution in [2.75, 3.05) is 0 Å². The molecule has 1 unspecified atom stereocenters. The van der Waals surface area contributed by atoms with Crippen LogP contribution in [0.2, 0.25) is 0 Å². The summed E-state index contributed by atoms with van der Waals surface area (Å²) in [5.74, 6) is -0.0303. The highest BCUT2D eigenvalue weighted by Gasteiger charge is 2.23. The molecule has 1 atom stereocenters. The second kappa shape index (κ2) is 5.12. The third kappa shape index (κ3) is 2.22. The summed E-state index contributed by atoms with van der Waals surface area (Å²) in [4.78, 5) is 12.4. The van der Waals surface area contributed by atoms with Gasteiger partial charge in [-0.2, -0.15) is 5.10 Å². The molecule has 4 heteroatoms. The third-order valence-electron chi connectivity index (χ3n) is 4.15. The number of hydrogen-bond acceptors (Lipinski definition) is 2. The summed E-state index contributed by atoms with van der Waals surface area (Å²) in [5, 5.41) is 7.28. The van der Waals surface area contributed by atoms with Crippen LogP contribution in [0.1, 0.15) is 46.1 Å². The number of hydrogen-bond donors (Lipinski definition) is 1. The Morgan fingerprint density at radius 3 is 2.95 bits per heavy atom. The number of rotatable bonds is 2. The maximum Gasteiger partial charge on any atom is 0.255 e. The van der Waals surface area contributed by atoms with E-state index < -0.39 is 0 Å². The maximum atomic E-state index is 12.4. The summed E-state index contributed by atoms with van der Waals surface area (Å²) in [6.07, 6.45) is 4.86. The summed E-state index contributed by atoms with van der Waals surface area (Å²) >= 11 is 0. The third-order valence-corrected chi connectivity index (χ3v) is 4.15. The largest absolute Gasteiger partial charge is 0.345 e. The Hall–Kier alpha value is -2.10. The Morgan fingerprint density at radius 1 is 1.40 bits per heavy atom. The zero-order valence-electron chi connectivity index (χ0n) is 11.9. The first kappa shape index (κ1) is 12.9. The number of aryl methyl sites for hydroxylation is 2. The van der Waals surface area contributed by atoms with Gasteiger partial charge in [-0.3, -0.25) is 9.48 Å². The first-order valence-electron chi connectivity index (χ1n) is 7.04. The van der Waals surface area contributed by atoms with Crippen LogP contribution in [0.4, 0.5) is 0 Å². The average Bonchev–Trinajstić information content (AvgIpc) is 2.79. The number of aromatic nitrogens is 2. The predicted octanol–water partition coefficient (Wildman–Crippen LogP) is 2.54. The molecule has 0 saturated carbocycles. The van der Waals surface area contributed by atoms with Gasteiger partial charge in [0.15, 0.2) is 0 Å². The molecule has 0 bridgehead atoms. The first-order valence-corrected chi connectivity index (χ1v) is 7.04. The summed E-state index contributed by atoms with van der Waals surface area (Å²) < 4.78 is 1.73. The monoisotopic (exact) mass is 269 g/mol. The van der Waals surface area contributed by atoms with E-state index in [-0.39, 0.29) is 11.9 Å². The molecular weight excluding hydrogens is 250 g/mol. The number of nitrogens with one attached hydrogen (secondary N) is 1. The van der Waals surface area contributed by atoms with Gasteiger partial charge in [-0.1, -0.05) is 24.3 Å². The second-order valence-electron chi connectivity index (χ2n) is 5.38. The fourth-order valence-electron chi connectivity index (χ4n) is 2.86. The quantitative estimate of drug-likeness (QED) is 0.910. The van der Waals surface area contributed by atoms with Crippen LogP contribution in [-0.2, 0) is 13.5 Å². The normalized spacial score (nSPS) is 17.6. The van der Waals surface area contributed by atoms with E-state index in [0.29, 0.717) is 5.56 Å². The Labute approximate surface area is 118 Å². The average molecular weight is 269 g/mol. The maximum absolute atomic E-state index is 12.4. The molecule has 4 nitrogen and oxygen atoms in total. The van der Waals surface area contributed by atoms with Crippen LogP contribution in [-0.4, -0.2) is 15.7 Å². The minimum Gasteiger partial charge on any atom is -0.345 e. The van der Waals surface area contributed by atoms with E-state index in [2.05, 4.69) is 28.6 Å². The SMILES string of the molecule is Cc1c(C(=O)NC2CCCc3ccccc32)cnn1C. The standard InChI is InChI=1S/C16H19N3O/c1-11-14(10-17-19(11)2)16(20)18-15-9-5-7-12-6-3-4-8-13(12)15/h3-4,6,8,10,15H,5,7,9H2,1-2H3,(H,18,20). The summed E-state index contributed by atoms with van der Waals surface area (Å²) in [7, 11) is 1.85. The van der Waals surface area contributed by atoms with Crippen molar-refractivity contribution < 1.29 is 4.79 Å². The van der Waals surface area contributed by atoms with E-state index in [1.807, 2.05) is 20.0 Å². The number of fused-ring (bicyclic) bond motifs is 1. The highest BCUT2D eigenvalue weighted by molar-refractivity contribution is 5.95. The molecule has 20 heavy (non-hydrogen) atoms. The van der Waals surface area contributed by atoms with Crippen LogP contribution in [0, 0.1) is 6.92 Å². The van der Waals surface area contributed by atoms with Crippen molar-refractivity contribution in [3.05, 3.63) is 52.8 Å². The first-order chi connectivity index (χ1) is 9.66. The van der Waals surface area contributed by atoms with Crippen LogP contribution in [0.25, 0.3) is 0 Å². The zero-order valence-corrected chi connectivity index (χ0v) is 11.9. The Balaban J connectivity index is 1.82. The smallest absolute Gasteiger partial charge is 0.255 e. The van der Waals surface area contributed by atoms with Crippen molar-refractivity contribution >= 4 is 5.91 Å². The lowest BCUT2D eigenvalue weighted by Gasteiger charge is -2.26. The van der Waals surface area contributed by atoms with Crippen molar-refractivity contribution in [2.45, 2.75) is 32.2 Å². The summed E-state index contributed by atoms with van der Waals surface area (Å²) in [5.41, 5.74) is 4.17. The number of amides is 1. The van der Waals surface area contributed by atoms with E-state index in [1.165, 1.54) is 11.1 Å². The van der Waals surface area contributed by atoms with Crippen molar-refractivity contribution in [3.63, 3.8) is 0 Å². The Bertz CT molecular complexity index is 645. The fraction of sp³-hybridized carbons (Fsp3) is 0.375. The Kier molecular flexibility index (Phi) is 3.30. The molecule has 0 aliphatic heterocycles. The second-order valence-corrected chi connectivity index (χ2v) is 5.38. The van der Waals surface area contributed by atoms with Crippen LogP contribution in [0.5, 0.6) is 0 Å². The van der Waals surface area contributed by atoms with Gasteiger partial charge in [-0.25, -0.2) is 0 Å². The molecule has 1 N–H and O–H groups in total. The van der Waals surface area contributed by atoms with E-state index in [4.69, 9.17) is 0 Å². The molecule has 3 rings (SSSR count). The molecule has 1 aromatic heterocycles. The van der Waals surface area contributed by atoms with Crippen molar-refractivity contribution in [2.24, 2.45) is 7.05 Å². The molecule has 1 aliphatic rings. The number of carbonyl (C=O) groups is 1. The molecule has 104 valence electrons. The lowest BCUT2D eigenvalue weighted by atomic mass is 9.87. The lowest BCUT2D eigenvalue weighted by Crippen LogP contribution is -2.31. The molecule has 1 heterocycles. The number of nitrogens with zero attached hydrogens (tertiary/aromatic N) is 2. The van der Waals surface area contributed by atoms with Crippen LogP contribution in [0.3, 0.4) is 0 Å². The van der Waals surface area contributed by atoms with Gasteiger partial charge in [0, 0.05) is 12.7 Å². The van der Waals surface area contributed by atoms with Gasteiger partial charge in [0.2, 0.25) is 0 Å². The molecule has 1 aliphatic carbocycles. The summed E-state index contributed by atoms with van der Waals surface area (Å²) in [6, 6.07) is 8.50.